The van der Waals surface area contributed by atoms with Crippen molar-refractivity contribution in [1.29, 1.82) is 0 Å². The Morgan fingerprint density at radius 3 is 2.69 bits per heavy atom. The molecule has 1 aliphatic heterocycles. The van der Waals surface area contributed by atoms with Crippen LogP contribution in [-0.4, -0.2) is 51.0 Å². The molecule has 0 saturated carbocycles. The lowest BCUT2D eigenvalue weighted by Gasteiger charge is -2.32. The standard InChI is InChI=1S/C18H27N3O4S/c1-13(2)11-19-17(22)15-7-5-9-21(12-15)18(23)14-6-4-8-16(10-14)20-26(3,24)25/h4,6,8,10,13,15,20H,5,7,9,11-12H2,1-3H3,(H,19,22). The fraction of sp³-hybridized carbons (Fsp3) is 0.556. The summed E-state index contributed by atoms with van der Waals surface area (Å²) in [6.07, 6.45) is 2.60. The first-order valence-corrected chi connectivity index (χ1v) is 10.7. The first-order valence-electron chi connectivity index (χ1n) is 8.80. The highest BCUT2D eigenvalue weighted by atomic mass is 32.2. The van der Waals surface area contributed by atoms with E-state index in [1.54, 1.807) is 23.1 Å². The van der Waals surface area contributed by atoms with Crippen LogP contribution in [0.2, 0.25) is 0 Å². The zero-order valence-corrected chi connectivity index (χ0v) is 16.3. The molecule has 1 aromatic carbocycles. The molecule has 26 heavy (non-hydrogen) atoms. The number of rotatable bonds is 6. The summed E-state index contributed by atoms with van der Waals surface area (Å²) in [5.41, 5.74) is 0.753. The molecule has 1 aromatic rings. The zero-order chi connectivity index (χ0) is 19.3. The summed E-state index contributed by atoms with van der Waals surface area (Å²) in [7, 11) is -3.41. The smallest absolute Gasteiger partial charge is 0.253 e. The maximum Gasteiger partial charge on any atom is 0.253 e. The third-order valence-corrected chi connectivity index (χ3v) is 4.78. The lowest BCUT2D eigenvalue weighted by molar-refractivity contribution is -0.126. The quantitative estimate of drug-likeness (QED) is 0.784. The van der Waals surface area contributed by atoms with E-state index in [0.717, 1.165) is 19.1 Å². The molecule has 1 aliphatic rings. The number of piperidine rings is 1. The van der Waals surface area contributed by atoms with E-state index >= 15 is 0 Å². The van der Waals surface area contributed by atoms with Crippen molar-refractivity contribution >= 4 is 27.5 Å². The summed E-state index contributed by atoms with van der Waals surface area (Å²) < 4.78 is 25.1. The van der Waals surface area contributed by atoms with Gasteiger partial charge in [-0.1, -0.05) is 19.9 Å². The van der Waals surface area contributed by atoms with Crippen LogP contribution in [0, 0.1) is 11.8 Å². The van der Waals surface area contributed by atoms with Gasteiger partial charge in [0.2, 0.25) is 15.9 Å². The largest absolute Gasteiger partial charge is 0.356 e. The van der Waals surface area contributed by atoms with E-state index in [-0.39, 0.29) is 17.7 Å². The molecule has 2 rings (SSSR count). The molecule has 0 aromatic heterocycles. The predicted molar refractivity (Wildman–Crippen MR) is 101 cm³/mol. The summed E-state index contributed by atoms with van der Waals surface area (Å²) >= 11 is 0. The molecule has 7 nitrogen and oxygen atoms in total. The van der Waals surface area contributed by atoms with E-state index in [4.69, 9.17) is 0 Å². The van der Waals surface area contributed by atoms with Crippen LogP contribution in [0.5, 0.6) is 0 Å². The maximum atomic E-state index is 12.8. The third-order valence-electron chi connectivity index (χ3n) is 4.18. The topological polar surface area (TPSA) is 95.6 Å². The van der Waals surface area contributed by atoms with Crippen molar-refractivity contribution in [1.82, 2.24) is 10.2 Å². The van der Waals surface area contributed by atoms with Gasteiger partial charge >= 0.3 is 0 Å². The van der Waals surface area contributed by atoms with Crippen LogP contribution in [0.1, 0.15) is 37.0 Å². The van der Waals surface area contributed by atoms with Crippen LogP contribution in [0.25, 0.3) is 0 Å². The van der Waals surface area contributed by atoms with Crippen molar-refractivity contribution in [2.24, 2.45) is 11.8 Å². The first-order chi connectivity index (χ1) is 12.2. The number of nitrogens with zero attached hydrogens (tertiary/aromatic N) is 1. The maximum absolute atomic E-state index is 12.8. The summed E-state index contributed by atoms with van der Waals surface area (Å²) in [4.78, 5) is 26.7. The molecule has 0 spiro atoms. The van der Waals surface area contributed by atoms with E-state index in [9.17, 15) is 18.0 Å². The number of likely N-dealkylation sites (tertiary alicyclic amines) is 1. The first kappa shape index (κ1) is 20.2. The minimum atomic E-state index is -3.41. The summed E-state index contributed by atoms with van der Waals surface area (Å²) in [6.45, 7) is 5.68. The van der Waals surface area contributed by atoms with Crippen LogP contribution >= 0.6 is 0 Å². The van der Waals surface area contributed by atoms with Crippen molar-refractivity contribution in [3.63, 3.8) is 0 Å². The molecule has 2 amide bonds. The average molecular weight is 381 g/mol. The van der Waals surface area contributed by atoms with E-state index in [1.165, 1.54) is 6.07 Å². The van der Waals surface area contributed by atoms with Gasteiger partial charge in [0.05, 0.1) is 12.2 Å². The number of carbonyl (C=O) groups is 2. The summed E-state index contributed by atoms with van der Waals surface area (Å²) in [5.74, 6) is -0.0265. The van der Waals surface area contributed by atoms with Crippen molar-refractivity contribution < 1.29 is 18.0 Å². The third kappa shape index (κ3) is 6.01. The number of hydrogen-bond donors (Lipinski definition) is 2. The van der Waals surface area contributed by atoms with Gasteiger partial charge in [-0.15, -0.1) is 0 Å². The molecule has 0 bridgehead atoms. The Bertz CT molecular complexity index is 761. The fourth-order valence-electron chi connectivity index (χ4n) is 2.94. The van der Waals surface area contributed by atoms with Gasteiger partial charge in [-0.25, -0.2) is 8.42 Å². The summed E-state index contributed by atoms with van der Waals surface area (Å²) in [6, 6.07) is 6.40. The number of anilines is 1. The molecule has 1 unspecified atom stereocenters. The van der Waals surface area contributed by atoms with Crippen LogP contribution < -0.4 is 10.0 Å². The highest BCUT2D eigenvalue weighted by Gasteiger charge is 2.29. The van der Waals surface area contributed by atoms with E-state index in [0.29, 0.717) is 36.8 Å². The molecule has 1 atom stereocenters. The molecule has 1 saturated heterocycles. The number of hydrogen-bond acceptors (Lipinski definition) is 4. The lowest BCUT2D eigenvalue weighted by Crippen LogP contribution is -2.46. The number of amides is 2. The van der Waals surface area contributed by atoms with Crippen LogP contribution in [-0.2, 0) is 14.8 Å². The molecule has 0 aliphatic carbocycles. The van der Waals surface area contributed by atoms with Crippen molar-refractivity contribution in [3.05, 3.63) is 29.8 Å². The number of benzene rings is 1. The molecule has 8 heteroatoms. The van der Waals surface area contributed by atoms with Gasteiger partial charge in [-0.2, -0.15) is 0 Å². The van der Waals surface area contributed by atoms with E-state index in [2.05, 4.69) is 10.0 Å². The molecule has 0 radical (unpaired) electrons. The van der Waals surface area contributed by atoms with Crippen molar-refractivity contribution in [3.8, 4) is 0 Å². The minimum absolute atomic E-state index is 0.0105. The Morgan fingerprint density at radius 2 is 2.04 bits per heavy atom. The van der Waals surface area contributed by atoms with E-state index in [1.807, 2.05) is 13.8 Å². The molecular weight excluding hydrogens is 354 g/mol. The highest BCUT2D eigenvalue weighted by molar-refractivity contribution is 7.92. The van der Waals surface area contributed by atoms with Gasteiger partial charge < -0.3 is 10.2 Å². The Kier molecular flexibility index (Phi) is 6.63. The molecule has 1 fully saturated rings. The number of carbonyl (C=O) groups excluding carboxylic acids is 2. The molecular formula is C18H27N3O4S. The minimum Gasteiger partial charge on any atom is -0.356 e. The monoisotopic (exact) mass is 381 g/mol. The number of nitrogens with one attached hydrogen (secondary N) is 2. The van der Waals surface area contributed by atoms with Gasteiger partial charge in [-0.3, -0.25) is 14.3 Å². The van der Waals surface area contributed by atoms with Crippen LogP contribution in [0.3, 0.4) is 0 Å². The van der Waals surface area contributed by atoms with Crippen molar-refractivity contribution in [2.75, 3.05) is 30.6 Å². The van der Waals surface area contributed by atoms with Crippen LogP contribution in [0.15, 0.2) is 24.3 Å². The Labute approximate surface area is 155 Å². The van der Waals surface area contributed by atoms with Gasteiger partial charge in [0, 0.05) is 30.9 Å². The van der Waals surface area contributed by atoms with Crippen LogP contribution in [0.4, 0.5) is 5.69 Å². The second-order valence-corrected chi connectivity index (χ2v) is 8.93. The second kappa shape index (κ2) is 8.53. The molecule has 1 heterocycles. The Hall–Kier alpha value is -2.09. The molecule has 144 valence electrons. The Morgan fingerprint density at radius 1 is 1.31 bits per heavy atom. The average Bonchev–Trinajstić information content (AvgIpc) is 2.57. The fourth-order valence-corrected chi connectivity index (χ4v) is 3.49. The van der Waals surface area contributed by atoms with Gasteiger partial charge in [0.25, 0.3) is 5.91 Å². The predicted octanol–water partition coefficient (Wildman–Crippen LogP) is 1.68. The normalized spacial score (nSPS) is 17.8. The molecule has 2 N–H and O–H groups in total. The second-order valence-electron chi connectivity index (χ2n) is 7.18. The van der Waals surface area contributed by atoms with E-state index < -0.39 is 10.0 Å². The van der Waals surface area contributed by atoms with Gasteiger partial charge in [0.1, 0.15) is 0 Å². The van der Waals surface area contributed by atoms with Gasteiger partial charge in [0.15, 0.2) is 0 Å². The SMILES string of the molecule is CC(C)CNC(=O)C1CCCN(C(=O)c2cccc(NS(C)(=O)=O)c2)C1. The zero-order valence-electron chi connectivity index (χ0n) is 15.5. The van der Waals surface area contributed by atoms with Crippen molar-refractivity contribution in [2.45, 2.75) is 26.7 Å². The number of sulfonamides is 1. The Balaban J connectivity index is 2.05. The van der Waals surface area contributed by atoms with Gasteiger partial charge in [-0.05, 0) is 37.0 Å². The highest BCUT2D eigenvalue weighted by Crippen LogP contribution is 2.20. The summed E-state index contributed by atoms with van der Waals surface area (Å²) in [5, 5.41) is 2.93. The lowest BCUT2D eigenvalue weighted by atomic mass is 9.96.